The van der Waals surface area contributed by atoms with Crippen LogP contribution in [0.25, 0.3) is 0 Å². The van der Waals surface area contributed by atoms with E-state index in [1.807, 2.05) is 6.07 Å². The first kappa shape index (κ1) is 8.27. The molecule has 0 radical (unpaired) electrons. The lowest BCUT2D eigenvalue weighted by atomic mass is 10.3. The van der Waals surface area contributed by atoms with Crippen molar-refractivity contribution >= 4 is 0 Å². The van der Waals surface area contributed by atoms with Gasteiger partial charge in [-0.3, -0.25) is 5.10 Å². The number of aromatic nitrogens is 2. The minimum absolute atomic E-state index is 0.568. The standard InChI is InChI=1S/C8H15N3/c1-7(2)9-5-3-8-4-6-10-11-8/h4,6-7,9H,3,5H2,1-2H3,(H,10,11). The summed E-state index contributed by atoms with van der Waals surface area (Å²) in [4.78, 5) is 0. The topological polar surface area (TPSA) is 40.7 Å². The van der Waals surface area contributed by atoms with Crippen LogP contribution in [0.15, 0.2) is 12.3 Å². The quantitative estimate of drug-likeness (QED) is 0.676. The Balaban J connectivity index is 2.14. The monoisotopic (exact) mass is 153 g/mol. The number of nitrogens with one attached hydrogen (secondary N) is 2. The largest absolute Gasteiger partial charge is 0.314 e. The Bertz CT molecular complexity index is 179. The Morgan fingerprint density at radius 2 is 2.45 bits per heavy atom. The summed E-state index contributed by atoms with van der Waals surface area (Å²) in [6.07, 6.45) is 2.81. The smallest absolute Gasteiger partial charge is 0.0490 e. The van der Waals surface area contributed by atoms with Crippen LogP contribution in [-0.4, -0.2) is 22.8 Å². The molecule has 62 valence electrons. The predicted molar refractivity (Wildman–Crippen MR) is 45.4 cm³/mol. The van der Waals surface area contributed by atoms with E-state index < -0.39 is 0 Å². The average molecular weight is 153 g/mol. The van der Waals surface area contributed by atoms with Crippen molar-refractivity contribution in [2.45, 2.75) is 26.3 Å². The molecule has 1 heterocycles. The van der Waals surface area contributed by atoms with Crippen LogP contribution in [0.5, 0.6) is 0 Å². The van der Waals surface area contributed by atoms with Crippen LogP contribution in [0.2, 0.25) is 0 Å². The maximum atomic E-state index is 3.87. The molecule has 0 aromatic carbocycles. The SMILES string of the molecule is CC(C)NCCc1ccn[nH]1. The van der Waals surface area contributed by atoms with Crippen molar-refractivity contribution in [3.8, 4) is 0 Å². The molecule has 2 N–H and O–H groups in total. The zero-order valence-corrected chi connectivity index (χ0v) is 7.09. The van der Waals surface area contributed by atoms with Gasteiger partial charge in [0.1, 0.15) is 0 Å². The lowest BCUT2D eigenvalue weighted by Gasteiger charge is -2.05. The number of hydrogen-bond acceptors (Lipinski definition) is 2. The van der Waals surface area contributed by atoms with Crippen LogP contribution < -0.4 is 5.32 Å². The molecular formula is C8H15N3. The molecule has 0 fully saturated rings. The Kier molecular flexibility index (Phi) is 3.11. The summed E-state index contributed by atoms with van der Waals surface area (Å²) in [6.45, 7) is 5.31. The van der Waals surface area contributed by atoms with Crippen LogP contribution in [-0.2, 0) is 6.42 Å². The summed E-state index contributed by atoms with van der Waals surface area (Å²) in [6, 6.07) is 2.57. The molecule has 0 saturated carbocycles. The summed E-state index contributed by atoms with van der Waals surface area (Å²) >= 11 is 0. The van der Waals surface area contributed by atoms with Crippen LogP contribution in [0.1, 0.15) is 19.5 Å². The van der Waals surface area contributed by atoms with Crippen molar-refractivity contribution in [1.82, 2.24) is 15.5 Å². The minimum Gasteiger partial charge on any atom is -0.314 e. The van der Waals surface area contributed by atoms with Gasteiger partial charge in [-0.15, -0.1) is 0 Å². The molecular weight excluding hydrogens is 138 g/mol. The number of nitrogens with zero attached hydrogens (tertiary/aromatic N) is 1. The van der Waals surface area contributed by atoms with Crippen LogP contribution in [0, 0.1) is 0 Å². The molecule has 0 aliphatic heterocycles. The highest BCUT2D eigenvalue weighted by atomic mass is 15.1. The van der Waals surface area contributed by atoms with Crippen molar-refractivity contribution in [1.29, 1.82) is 0 Å². The van der Waals surface area contributed by atoms with Crippen molar-refractivity contribution < 1.29 is 0 Å². The first-order valence-electron chi connectivity index (χ1n) is 4.00. The molecule has 0 saturated heterocycles. The van der Waals surface area contributed by atoms with E-state index in [2.05, 4.69) is 29.4 Å². The number of rotatable bonds is 4. The predicted octanol–water partition coefficient (Wildman–Crippen LogP) is 0.950. The highest BCUT2D eigenvalue weighted by Gasteiger charge is 1.94. The van der Waals surface area contributed by atoms with Crippen LogP contribution >= 0.6 is 0 Å². The fourth-order valence-corrected chi connectivity index (χ4v) is 0.919. The normalized spacial score (nSPS) is 10.8. The summed E-state index contributed by atoms with van der Waals surface area (Å²) in [7, 11) is 0. The van der Waals surface area contributed by atoms with E-state index in [9.17, 15) is 0 Å². The Hall–Kier alpha value is -0.830. The maximum absolute atomic E-state index is 3.87. The third-order valence-electron chi connectivity index (χ3n) is 1.51. The van der Waals surface area contributed by atoms with Gasteiger partial charge in [-0.2, -0.15) is 5.10 Å². The van der Waals surface area contributed by atoms with Gasteiger partial charge in [0.2, 0.25) is 0 Å². The maximum Gasteiger partial charge on any atom is 0.0490 e. The van der Waals surface area contributed by atoms with Crippen molar-refractivity contribution in [2.75, 3.05) is 6.54 Å². The molecule has 0 atom stereocenters. The third kappa shape index (κ3) is 3.18. The van der Waals surface area contributed by atoms with Crippen LogP contribution in [0.4, 0.5) is 0 Å². The highest BCUT2D eigenvalue weighted by Crippen LogP contribution is 1.91. The molecule has 0 bridgehead atoms. The lowest BCUT2D eigenvalue weighted by Crippen LogP contribution is -2.24. The third-order valence-corrected chi connectivity index (χ3v) is 1.51. The van der Waals surface area contributed by atoms with Gasteiger partial charge in [0.25, 0.3) is 0 Å². The van der Waals surface area contributed by atoms with Gasteiger partial charge in [-0.25, -0.2) is 0 Å². The van der Waals surface area contributed by atoms with Crippen molar-refractivity contribution in [3.05, 3.63) is 18.0 Å². The fourth-order valence-electron chi connectivity index (χ4n) is 0.919. The summed E-state index contributed by atoms with van der Waals surface area (Å²) in [5.41, 5.74) is 1.19. The summed E-state index contributed by atoms with van der Waals surface area (Å²) < 4.78 is 0. The van der Waals surface area contributed by atoms with Crippen LogP contribution in [0.3, 0.4) is 0 Å². The van der Waals surface area contributed by atoms with Crippen molar-refractivity contribution in [3.63, 3.8) is 0 Å². The molecule has 11 heavy (non-hydrogen) atoms. The lowest BCUT2D eigenvalue weighted by molar-refractivity contribution is 0.587. The number of aromatic amines is 1. The van der Waals surface area contributed by atoms with E-state index in [1.165, 1.54) is 5.69 Å². The number of H-pyrrole nitrogens is 1. The van der Waals surface area contributed by atoms with Gasteiger partial charge in [-0.05, 0) is 6.07 Å². The Labute approximate surface area is 67.2 Å². The van der Waals surface area contributed by atoms with Gasteiger partial charge in [0, 0.05) is 30.9 Å². The molecule has 3 heteroatoms. The second-order valence-electron chi connectivity index (χ2n) is 2.94. The number of hydrogen-bond donors (Lipinski definition) is 2. The molecule has 0 aliphatic carbocycles. The van der Waals surface area contributed by atoms with E-state index in [1.54, 1.807) is 6.20 Å². The first-order chi connectivity index (χ1) is 5.29. The van der Waals surface area contributed by atoms with E-state index >= 15 is 0 Å². The second-order valence-corrected chi connectivity index (χ2v) is 2.94. The molecule has 0 unspecified atom stereocenters. The minimum atomic E-state index is 0.568. The Morgan fingerprint density at radius 1 is 1.64 bits per heavy atom. The van der Waals surface area contributed by atoms with E-state index in [0.717, 1.165) is 13.0 Å². The van der Waals surface area contributed by atoms with Crippen molar-refractivity contribution in [2.24, 2.45) is 0 Å². The Morgan fingerprint density at radius 3 is 3.00 bits per heavy atom. The molecule has 1 rings (SSSR count). The summed E-state index contributed by atoms with van der Waals surface area (Å²) in [5.74, 6) is 0. The van der Waals surface area contributed by atoms with Gasteiger partial charge >= 0.3 is 0 Å². The first-order valence-corrected chi connectivity index (χ1v) is 4.00. The molecule has 1 aromatic rings. The molecule has 3 nitrogen and oxygen atoms in total. The zero-order valence-electron chi connectivity index (χ0n) is 7.09. The van der Waals surface area contributed by atoms with E-state index in [0.29, 0.717) is 6.04 Å². The zero-order chi connectivity index (χ0) is 8.10. The molecule has 0 amide bonds. The van der Waals surface area contributed by atoms with Gasteiger partial charge < -0.3 is 5.32 Å². The van der Waals surface area contributed by atoms with Gasteiger partial charge in [0.05, 0.1) is 0 Å². The summed E-state index contributed by atoms with van der Waals surface area (Å²) in [5, 5.41) is 10.1. The fraction of sp³-hybridized carbons (Fsp3) is 0.625. The van der Waals surface area contributed by atoms with Gasteiger partial charge in [0.15, 0.2) is 0 Å². The average Bonchev–Trinajstić information content (AvgIpc) is 2.39. The molecule has 1 aromatic heterocycles. The second kappa shape index (κ2) is 4.13. The van der Waals surface area contributed by atoms with E-state index in [4.69, 9.17) is 0 Å². The highest BCUT2D eigenvalue weighted by molar-refractivity contribution is 4.97. The van der Waals surface area contributed by atoms with E-state index in [-0.39, 0.29) is 0 Å². The molecule has 0 aliphatic rings. The van der Waals surface area contributed by atoms with Gasteiger partial charge in [-0.1, -0.05) is 13.8 Å². The molecule has 0 spiro atoms.